The Morgan fingerprint density at radius 3 is 2.50 bits per heavy atom. The Balaban J connectivity index is 2.17. The van der Waals surface area contributed by atoms with E-state index < -0.39 is 5.97 Å². The standard InChI is InChI=1S/C8H14N2O4/c1-9(2)8(13)10-3-6(4-10)14-5-7(11)12/h6H,3-5H2,1-2H3,(H,11,12). The molecule has 1 rings (SSSR count). The molecule has 0 bridgehead atoms. The van der Waals surface area contributed by atoms with Crippen molar-refractivity contribution >= 4 is 12.0 Å². The monoisotopic (exact) mass is 202 g/mol. The Morgan fingerprint density at radius 1 is 1.50 bits per heavy atom. The van der Waals surface area contributed by atoms with E-state index in [1.165, 1.54) is 4.90 Å². The molecule has 80 valence electrons. The van der Waals surface area contributed by atoms with Crippen molar-refractivity contribution < 1.29 is 19.4 Å². The molecular formula is C8H14N2O4. The third-order valence-electron chi connectivity index (χ3n) is 1.94. The van der Waals surface area contributed by atoms with E-state index in [1.807, 2.05) is 0 Å². The summed E-state index contributed by atoms with van der Waals surface area (Å²) in [6.07, 6.45) is -0.130. The van der Waals surface area contributed by atoms with Crippen molar-refractivity contribution in [2.75, 3.05) is 33.8 Å². The molecular weight excluding hydrogens is 188 g/mol. The second-order valence-corrected chi connectivity index (χ2v) is 3.41. The number of hydrogen-bond donors (Lipinski definition) is 1. The minimum atomic E-state index is -0.984. The summed E-state index contributed by atoms with van der Waals surface area (Å²) in [5.41, 5.74) is 0. The molecule has 14 heavy (non-hydrogen) atoms. The number of carboxylic acids is 1. The summed E-state index contributed by atoms with van der Waals surface area (Å²) in [7, 11) is 3.35. The summed E-state index contributed by atoms with van der Waals surface area (Å²) in [5.74, 6) is -0.984. The van der Waals surface area contributed by atoms with Gasteiger partial charge in [0.2, 0.25) is 0 Å². The zero-order chi connectivity index (χ0) is 10.7. The molecule has 0 aromatic heterocycles. The highest BCUT2D eigenvalue weighted by atomic mass is 16.5. The highest BCUT2D eigenvalue weighted by Gasteiger charge is 2.32. The first-order valence-corrected chi connectivity index (χ1v) is 4.30. The van der Waals surface area contributed by atoms with Gasteiger partial charge < -0.3 is 19.6 Å². The number of aliphatic carboxylic acids is 1. The molecule has 0 aromatic rings. The third kappa shape index (κ3) is 2.59. The van der Waals surface area contributed by atoms with E-state index in [0.717, 1.165) is 0 Å². The largest absolute Gasteiger partial charge is 0.480 e. The van der Waals surface area contributed by atoms with E-state index in [9.17, 15) is 9.59 Å². The predicted octanol–water partition coefficient (Wildman–Crippen LogP) is -0.547. The molecule has 0 aliphatic carbocycles. The molecule has 0 aromatic carbocycles. The Morgan fingerprint density at radius 2 is 2.07 bits per heavy atom. The van der Waals surface area contributed by atoms with Gasteiger partial charge >= 0.3 is 12.0 Å². The first-order valence-electron chi connectivity index (χ1n) is 4.30. The molecule has 1 aliphatic rings. The van der Waals surface area contributed by atoms with Gasteiger partial charge in [-0.2, -0.15) is 0 Å². The van der Waals surface area contributed by atoms with Crippen molar-refractivity contribution in [3.8, 4) is 0 Å². The van der Waals surface area contributed by atoms with Gasteiger partial charge in [-0.15, -0.1) is 0 Å². The normalized spacial score (nSPS) is 16.3. The summed E-state index contributed by atoms with van der Waals surface area (Å²) in [6.45, 7) is 0.656. The van der Waals surface area contributed by atoms with Crippen LogP contribution in [-0.2, 0) is 9.53 Å². The molecule has 0 radical (unpaired) electrons. The number of hydrogen-bond acceptors (Lipinski definition) is 3. The van der Waals surface area contributed by atoms with Gasteiger partial charge in [-0.05, 0) is 0 Å². The Hall–Kier alpha value is -1.30. The zero-order valence-corrected chi connectivity index (χ0v) is 8.27. The van der Waals surface area contributed by atoms with Crippen molar-refractivity contribution in [1.82, 2.24) is 9.80 Å². The number of amides is 2. The average molecular weight is 202 g/mol. The molecule has 1 saturated heterocycles. The Kier molecular flexibility index (Phi) is 3.29. The van der Waals surface area contributed by atoms with Crippen LogP contribution in [0.4, 0.5) is 4.79 Å². The van der Waals surface area contributed by atoms with Gasteiger partial charge in [0.05, 0.1) is 19.2 Å². The van der Waals surface area contributed by atoms with Crippen molar-refractivity contribution in [2.45, 2.75) is 6.10 Å². The quantitative estimate of drug-likeness (QED) is 0.666. The molecule has 0 saturated carbocycles. The van der Waals surface area contributed by atoms with Crippen molar-refractivity contribution in [2.24, 2.45) is 0 Å². The zero-order valence-electron chi connectivity index (χ0n) is 8.27. The van der Waals surface area contributed by atoms with Crippen LogP contribution >= 0.6 is 0 Å². The minimum absolute atomic E-state index is 0.0693. The van der Waals surface area contributed by atoms with Gasteiger partial charge in [-0.3, -0.25) is 0 Å². The fourth-order valence-corrected chi connectivity index (χ4v) is 1.17. The lowest BCUT2D eigenvalue weighted by Gasteiger charge is -2.39. The molecule has 1 aliphatic heterocycles. The molecule has 1 fully saturated rings. The summed E-state index contributed by atoms with van der Waals surface area (Å²) >= 11 is 0. The van der Waals surface area contributed by atoms with Gasteiger partial charge in [-0.1, -0.05) is 0 Å². The van der Waals surface area contributed by atoms with Crippen molar-refractivity contribution in [3.05, 3.63) is 0 Å². The van der Waals surface area contributed by atoms with Gasteiger partial charge in [0, 0.05) is 14.1 Å². The highest BCUT2D eigenvalue weighted by Crippen LogP contribution is 2.12. The maximum atomic E-state index is 11.3. The number of carbonyl (C=O) groups excluding carboxylic acids is 1. The van der Waals surface area contributed by atoms with E-state index >= 15 is 0 Å². The maximum absolute atomic E-state index is 11.3. The fourth-order valence-electron chi connectivity index (χ4n) is 1.17. The Bertz CT molecular complexity index is 235. The molecule has 1 heterocycles. The van der Waals surface area contributed by atoms with E-state index in [4.69, 9.17) is 9.84 Å². The van der Waals surface area contributed by atoms with Gasteiger partial charge in [0.15, 0.2) is 0 Å². The van der Waals surface area contributed by atoms with Crippen LogP contribution in [0.5, 0.6) is 0 Å². The van der Waals surface area contributed by atoms with Crippen LogP contribution in [0.2, 0.25) is 0 Å². The summed E-state index contributed by atoms with van der Waals surface area (Å²) in [4.78, 5) is 24.5. The first kappa shape index (κ1) is 10.8. The first-order chi connectivity index (χ1) is 6.50. The number of urea groups is 1. The van der Waals surface area contributed by atoms with Crippen LogP contribution in [-0.4, -0.2) is 66.8 Å². The lowest BCUT2D eigenvalue weighted by molar-refractivity contribution is -0.147. The lowest BCUT2D eigenvalue weighted by Crippen LogP contribution is -2.57. The lowest BCUT2D eigenvalue weighted by atomic mass is 10.2. The second-order valence-electron chi connectivity index (χ2n) is 3.41. The molecule has 6 heteroatoms. The molecule has 0 spiro atoms. The van der Waals surface area contributed by atoms with E-state index in [-0.39, 0.29) is 18.7 Å². The molecule has 1 N–H and O–H groups in total. The number of nitrogens with zero attached hydrogens (tertiary/aromatic N) is 2. The van der Waals surface area contributed by atoms with Crippen LogP contribution in [0.3, 0.4) is 0 Å². The van der Waals surface area contributed by atoms with Crippen molar-refractivity contribution in [1.29, 1.82) is 0 Å². The van der Waals surface area contributed by atoms with Gasteiger partial charge in [0.1, 0.15) is 6.61 Å². The Labute approximate surface area is 82.0 Å². The summed E-state index contributed by atoms with van der Waals surface area (Å²) in [6, 6.07) is -0.0693. The summed E-state index contributed by atoms with van der Waals surface area (Å²) in [5, 5.41) is 8.33. The van der Waals surface area contributed by atoms with E-state index in [2.05, 4.69) is 0 Å². The number of carbonyl (C=O) groups is 2. The number of likely N-dealkylation sites (tertiary alicyclic amines) is 1. The van der Waals surface area contributed by atoms with Crippen LogP contribution in [0.25, 0.3) is 0 Å². The summed E-state index contributed by atoms with van der Waals surface area (Å²) < 4.78 is 4.99. The van der Waals surface area contributed by atoms with Gasteiger partial charge in [0.25, 0.3) is 0 Å². The number of rotatable bonds is 3. The van der Waals surface area contributed by atoms with Crippen LogP contribution in [0, 0.1) is 0 Å². The molecule has 2 amide bonds. The molecule has 0 unspecified atom stereocenters. The van der Waals surface area contributed by atoms with Crippen LogP contribution in [0.15, 0.2) is 0 Å². The molecule has 6 nitrogen and oxygen atoms in total. The number of ether oxygens (including phenoxy) is 1. The maximum Gasteiger partial charge on any atom is 0.329 e. The third-order valence-corrected chi connectivity index (χ3v) is 1.94. The van der Waals surface area contributed by atoms with Crippen LogP contribution < -0.4 is 0 Å². The fraction of sp³-hybridized carbons (Fsp3) is 0.750. The average Bonchev–Trinajstić information content (AvgIpc) is 2.00. The minimum Gasteiger partial charge on any atom is -0.480 e. The van der Waals surface area contributed by atoms with Gasteiger partial charge in [-0.25, -0.2) is 9.59 Å². The smallest absolute Gasteiger partial charge is 0.329 e. The predicted molar refractivity (Wildman–Crippen MR) is 48.0 cm³/mol. The topological polar surface area (TPSA) is 70.1 Å². The molecule has 0 atom stereocenters. The second kappa shape index (κ2) is 4.28. The van der Waals surface area contributed by atoms with E-state index in [0.29, 0.717) is 13.1 Å². The highest BCUT2D eigenvalue weighted by molar-refractivity contribution is 5.74. The number of carboxylic acid groups (broad SMARTS) is 1. The SMILES string of the molecule is CN(C)C(=O)N1CC(OCC(=O)O)C1. The van der Waals surface area contributed by atoms with Crippen molar-refractivity contribution in [3.63, 3.8) is 0 Å². The van der Waals surface area contributed by atoms with Crippen LogP contribution in [0.1, 0.15) is 0 Å². The van der Waals surface area contributed by atoms with E-state index in [1.54, 1.807) is 19.0 Å².